The first kappa shape index (κ1) is 19.8. The molecule has 4 rings (SSSR count). The van der Waals surface area contributed by atoms with E-state index in [0.29, 0.717) is 23.7 Å². The molecule has 0 amide bonds. The Bertz CT molecular complexity index is 1120. The lowest BCUT2D eigenvalue weighted by Crippen LogP contribution is -2.35. The molecule has 3 aromatic rings. The third-order valence-corrected chi connectivity index (χ3v) is 7.07. The van der Waals surface area contributed by atoms with Gasteiger partial charge in [0.2, 0.25) is 5.78 Å². The largest absolute Gasteiger partial charge is 0.378 e. The Kier molecular flexibility index (Phi) is 5.49. The summed E-state index contributed by atoms with van der Waals surface area (Å²) in [4.78, 5) is 20.1. The number of ketones is 1. The molecule has 0 radical (unpaired) electrons. The summed E-state index contributed by atoms with van der Waals surface area (Å²) in [7, 11) is -3.26. The second-order valence-corrected chi connectivity index (χ2v) is 9.84. The monoisotopic (exact) mass is 428 g/mol. The lowest BCUT2D eigenvalue weighted by atomic mass is 10.1. The Morgan fingerprint density at radius 1 is 1.14 bits per heavy atom. The first-order valence-electron chi connectivity index (χ1n) is 9.15. The van der Waals surface area contributed by atoms with Crippen LogP contribution in [0.2, 0.25) is 0 Å². The molecule has 1 aromatic carbocycles. The minimum atomic E-state index is -3.26. The van der Waals surface area contributed by atoms with Crippen LogP contribution in [0, 0.1) is 0 Å². The van der Waals surface area contributed by atoms with Crippen LogP contribution in [0.5, 0.6) is 0 Å². The third kappa shape index (κ3) is 4.24. The minimum absolute atomic E-state index is 0.0726. The van der Waals surface area contributed by atoms with Gasteiger partial charge in [0.1, 0.15) is 0 Å². The predicted molar refractivity (Wildman–Crippen MR) is 114 cm³/mol. The van der Waals surface area contributed by atoms with Crippen LogP contribution in [-0.2, 0) is 14.6 Å². The van der Waals surface area contributed by atoms with E-state index >= 15 is 0 Å². The third-order valence-electron chi connectivity index (χ3n) is 4.75. The molecule has 29 heavy (non-hydrogen) atoms. The molecule has 8 heteroatoms. The van der Waals surface area contributed by atoms with Crippen molar-refractivity contribution in [3.05, 3.63) is 65.3 Å². The molecule has 3 heterocycles. The highest BCUT2D eigenvalue weighted by Crippen LogP contribution is 2.40. The highest BCUT2D eigenvalue weighted by molar-refractivity contribution is 7.90. The van der Waals surface area contributed by atoms with Gasteiger partial charge in [-0.25, -0.2) is 8.42 Å². The van der Waals surface area contributed by atoms with Gasteiger partial charge >= 0.3 is 0 Å². The maximum atomic E-state index is 13.0. The first-order chi connectivity index (χ1) is 13.9. The van der Waals surface area contributed by atoms with Crippen LogP contribution in [0.15, 0.2) is 59.8 Å². The molecule has 0 aliphatic carbocycles. The van der Waals surface area contributed by atoms with E-state index < -0.39 is 9.84 Å². The van der Waals surface area contributed by atoms with E-state index in [0.717, 1.165) is 29.2 Å². The molecule has 0 unspecified atom stereocenters. The fourth-order valence-corrected chi connectivity index (χ4v) is 5.05. The number of hydrogen-bond donors (Lipinski definition) is 0. The average Bonchev–Trinajstić information content (AvgIpc) is 3.19. The van der Waals surface area contributed by atoms with E-state index in [4.69, 9.17) is 4.74 Å². The summed E-state index contributed by atoms with van der Waals surface area (Å²) in [5, 5.41) is 0.993. The number of thiophene rings is 1. The fourth-order valence-electron chi connectivity index (χ4n) is 3.22. The van der Waals surface area contributed by atoms with E-state index in [1.54, 1.807) is 48.8 Å². The van der Waals surface area contributed by atoms with Crippen molar-refractivity contribution in [3.8, 4) is 11.1 Å². The molecule has 1 aliphatic rings. The van der Waals surface area contributed by atoms with Crippen molar-refractivity contribution in [2.24, 2.45) is 0 Å². The maximum Gasteiger partial charge on any atom is 0.204 e. The number of aromatic nitrogens is 1. The number of ether oxygens (including phenoxy) is 1. The average molecular weight is 429 g/mol. The molecule has 0 spiro atoms. The Morgan fingerprint density at radius 3 is 2.48 bits per heavy atom. The highest BCUT2D eigenvalue weighted by atomic mass is 32.2. The number of carbonyl (C=O) groups excluding carboxylic acids is 1. The molecule has 1 fully saturated rings. The SMILES string of the molecule is CS(=O)(=O)c1ccc(-c2cc(C(=O)c3cccnc3)sc2N2CCOCC2)cc1. The lowest BCUT2D eigenvalue weighted by molar-refractivity contribution is 0.104. The summed E-state index contributed by atoms with van der Waals surface area (Å²) in [6.45, 7) is 2.76. The molecule has 150 valence electrons. The van der Waals surface area contributed by atoms with Gasteiger partial charge < -0.3 is 9.64 Å². The Labute approximate surface area is 173 Å². The zero-order valence-corrected chi connectivity index (χ0v) is 17.5. The molecule has 1 saturated heterocycles. The number of pyridine rings is 1. The van der Waals surface area contributed by atoms with Crippen molar-refractivity contribution in [1.29, 1.82) is 0 Å². The number of benzene rings is 1. The number of hydrogen-bond acceptors (Lipinski definition) is 7. The zero-order chi connectivity index (χ0) is 20.4. The van der Waals surface area contributed by atoms with Crippen molar-refractivity contribution in [1.82, 2.24) is 4.98 Å². The van der Waals surface area contributed by atoms with Crippen LogP contribution in [0.25, 0.3) is 11.1 Å². The van der Waals surface area contributed by atoms with Gasteiger partial charge in [0.25, 0.3) is 0 Å². The molecule has 0 N–H and O–H groups in total. The van der Waals surface area contributed by atoms with E-state index in [1.165, 1.54) is 17.6 Å². The van der Waals surface area contributed by atoms with Gasteiger partial charge in [0.05, 0.1) is 28.0 Å². The van der Waals surface area contributed by atoms with E-state index in [2.05, 4.69) is 9.88 Å². The van der Waals surface area contributed by atoms with Crippen LogP contribution in [0.3, 0.4) is 0 Å². The summed E-state index contributed by atoms with van der Waals surface area (Å²) in [5.41, 5.74) is 2.34. The number of anilines is 1. The highest BCUT2D eigenvalue weighted by Gasteiger charge is 2.23. The summed E-state index contributed by atoms with van der Waals surface area (Å²) < 4.78 is 29.0. The molecular formula is C21H20N2O4S2. The molecule has 1 aliphatic heterocycles. The van der Waals surface area contributed by atoms with Gasteiger partial charge in [0.15, 0.2) is 9.84 Å². The number of nitrogens with zero attached hydrogens (tertiary/aromatic N) is 2. The number of morpholine rings is 1. The summed E-state index contributed by atoms with van der Waals surface area (Å²) in [5.74, 6) is -0.0726. The van der Waals surface area contributed by atoms with Crippen molar-refractivity contribution < 1.29 is 17.9 Å². The normalized spacial score (nSPS) is 14.7. The fraction of sp³-hybridized carbons (Fsp3) is 0.238. The van der Waals surface area contributed by atoms with E-state index in [-0.39, 0.29) is 10.7 Å². The van der Waals surface area contributed by atoms with Crippen LogP contribution in [0.4, 0.5) is 5.00 Å². The van der Waals surface area contributed by atoms with Crippen molar-refractivity contribution in [2.75, 3.05) is 37.5 Å². The van der Waals surface area contributed by atoms with Crippen molar-refractivity contribution in [3.63, 3.8) is 0 Å². The second-order valence-electron chi connectivity index (χ2n) is 6.80. The van der Waals surface area contributed by atoms with Crippen LogP contribution >= 0.6 is 11.3 Å². The quantitative estimate of drug-likeness (QED) is 0.581. The smallest absolute Gasteiger partial charge is 0.204 e. The van der Waals surface area contributed by atoms with Gasteiger partial charge in [-0.2, -0.15) is 0 Å². The van der Waals surface area contributed by atoms with Gasteiger partial charge in [0, 0.05) is 42.9 Å². The van der Waals surface area contributed by atoms with Gasteiger partial charge in [-0.1, -0.05) is 12.1 Å². The van der Waals surface area contributed by atoms with Gasteiger partial charge in [-0.3, -0.25) is 9.78 Å². The second kappa shape index (κ2) is 8.06. The summed E-state index contributed by atoms with van der Waals surface area (Å²) in [6, 6.07) is 12.2. The number of rotatable bonds is 5. The van der Waals surface area contributed by atoms with Crippen LogP contribution in [-0.4, -0.2) is 51.7 Å². The van der Waals surface area contributed by atoms with Gasteiger partial charge in [-0.15, -0.1) is 11.3 Å². The Balaban J connectivity index is 1.77. The maximum absolute atomic E-state index is 13.0. The van der Waals surface area contributed by atoms with Crippen LogP contribution < -0.4 is 4.90 Å². The molecule has 0 atom stereocenters. The predicted octanol–water partition coefficient (Wildman–Crippen LogP) is 3.28. The van der Waals surface area contributed by atoms with Gasteiger partial charge in [-0.05, 0) is 35.9 Å². The molecule has 6 nitrogen and oxygen atoms in total. The van der Waals surface area contributed by atoms with Crippen molar-refractivity contribution in [2.45, 2.75) is 4.90 Å². The van der Waals surface area contributed by atoms with E-state index in [9.17, 15) is 13.2 Å². The standard InChI is InChI=1S/C21H20N2O4S2/c1-29(25,26)17-6-4-15(5-7-17)18-13-19(20(24)16-3-2-8-22-14-16)28-21(18)23-9-11-27-12-10-23/h2-8,13-14H,9-12H2,1H3. The Hall–Kier alpha value is -2.55. The van der Waals surface area contributed by atoms with E-state index in [1.807, 2.05) is 6.07 Å². The summed E-state index contributed by atoms with van der Waals surface area (Å²) in [6.07, 6.45) is 4.40. The molecule has 0 bridgehead atoms. The first-order valence-corrected chi connectivity index (χ1v) is 11.9. The number of carbonyl (C=O) groups is 1. The lowest BCUT2D eigenvalue weighted by Gasteiger charge is -2.28. The summed E-state index contributed by atoms with van der Waals surface area (Å²) >= 11 is 1.45. The topological polar surface area (TPSA) is 76.6 Å². The zero-order valence-electron chi connectivity index (χ0n) is 15.9. The van der Waals surface area contributed by atoms with Crippen LogP contribution in [0.1, 0.15) is 15.2 Å². The minimum Gasteiger partial charge on any atom is -0.378 e. The Morgan fingerprint density at radius 2 is 1.86 bits per heavy atom. The molecular weight excluding hydrogens is 408 g/mol. The van der Waals surface area contributed by atoms with Crippen molar-refractivity contribution >= 4 is 32.0 Å². The number of sulfone groups is 1. The molecule has 0 saturated carbocycles. The molecule has 2 aromatic heterocycles.